The molecule has 0 heterocycles. The van der Waals surface area contributed by atoms with E-state index in [0.29, 0.717) is 5.92 Å². The zero-order chi connectivity index (χ0) is 16.5. The largest absolute Gasteiger partial charge is 0.448 e. The van der Waals surface area contributed by atoms with Crippen LogP contribution in [0.25, 0.3) is 0 Å². The molecule has 2 amide bonds. The van der Waals surface area contributed by atoms with Crippen LogP contribution in [0, 0.1) is 16.7 Å². The molecule has 0 aliphatic heterocycles. The van der Waals surface area contributed by atoms with Crippen molar-refractivity contribution >= 4 is 17.9 Å². The second-order valence-electron chi connectivity index (χ2n) is 6.75. The maximum atomic E-state index is 12.0. The normalized spacial score (nSPS) is 30.4. The molecule has 0 aromatic carbocycles. The highest BCUT2D eigenvalue weighted by atomic mass is 16.6. The van der Waals surface area contributed by atoms with Gasteiger partial charge in [0.25, 0.3) is 0 Å². The molecule has 2 rings (SSSR count). The van der Waals surface area contributed by atoms with Crippen molar-refractivity contribution in [3.63, 3.8) is 0 Å². The van der Waals surface area contributed by atoms with Gasteiger partial charge < -0.3 is 9.47 Å². The molecule has 2 atom stereocenters. The van der Waals surface area contributed by atoms with Crippen LogP contribution in [0.4, 0.5) is 9.59 Å². The predicted octanol–water partition coefficient (Wildman–Crippen LogP) is 3.80. The molecule has 22 heavy (non-hydrogen) atoms. The van der Waals surface area contributed by atoms with Gasteiger partial charge in [0, 0.05) is 11.1 Å². The van der Waals surface area contributed by atoms with E-state index in [1.165, 1.54) is 6.42 Å². The van der Waals surface area contributed by atoms with Gasteiger partial charge in [-0.15, -0.1) is 0 Å². The Bertz CT molecular complexity index is 482. The first kappa shape index (κ1) is 16.8. The lowest BCUT2D eigenvalue weighted by Crippen LogP contribution is -2.38. The number of hydrazone groups is 1. The SMILES string of the molecule is CCOC(=O)N(/N=C1/C[C@H]2CC[C@]1(C)C2(C)C)C(=O)OCC. The Balaban J connectivity index is 2.30. The van der Waals surface area contributed by atoms with Crippen molar-refractivity contribution in [2.75, 3.05) is 13.2 Å². The Morgan fingerprint density at radius 1 is 1.18 bits per heavy atom. The highest BCUT2D eigenvalue weighted by Gasteiger charge is 2.60. The number of imide groups is 1. The molecule has 2 fully saturated rings. The quantitative estimate of drug-likeness (QED) is 0.743. The van der Waals surface area contributed by atoms with E-state index >= 15 is 0 Å². The minimum atomic E-state index is -0.780. The number of nitrogens with zero attached hydrogens (tertiary/aromatic N) is 2. The van der Waals surface area contributed by atoms with E-state index in [0.717, 1.165) is 23.6 Å². The average Bonchev–Trinajstić information content (AvgIpc) is 2.78. The molecule has 0 radical (unpaired) electrons. The molecule has 2 saturated carbocycles. The zero-order valence-electron chi connectivity index (χ0n) is 14.1. The molecule has 2 aliphatic carbocycles. The van der Waals surface area contributed by atoms with Gasteiger partial charge >= 0.3 is 12.2 Å². The summed E-state index contributed by atoms with van der Waals surface area (Å²) < 4.78 is 9.85. The number of ether oxygens (including phenoxy) is 2. The first-order valence-electron chi connectivity index (χ1n) is 7.99. The third-order valence-electron chi connectivity index (χ3n) is 5.61. The molecule has 0 saturated heterocycles. The molecule has 2 aliphatic rings. The van der Waals surface area contributed by atoms with E-state index < -0.39 is 12.2 Å². The summed E-state index contributed by atoms with van der Waals surface area (Å²) in [4.78, 5) is 24.0. The van der Waals surface area contributed by atoms with Crippen molar-refractivity contribution in [1.29, 1.82) is 0 Å². The van der Waals surface area contributed by atoms with Gasteiger partial charge in [-0.25, -0.2) is 9.59 Å². The molecule has 0 N–H and O–H groups in total. The number of carbonyl (C=O) groups is 2. The Labute approximate surface area is 131 Å². The van der Waals surface area contributed by atoms with Crippen LogP contribution < -0.4 is 0 Å². The van der Waals surface area contributed by atoms with Crippen LogP contribution in [0.3, 0.4) is 0 Å². The van der Waals surface area contributed by atoms with Crippen LogP contribution >= 0.6 is 0 Å². The van der Waals surface area contributed by atoms with Crippen molar-refractivity contribution in [2.45, 2.75) is 53.9 Å². The smallest absolute Gasteiger partial charge is 0.440 e. The summed E-state index contributed by atoms with van der Waals surface area (Å²) in [6.07, 6.45) is 1.46. The summed E-state index contributed by atoms with van der Waals surface area (Å²) in [5.74, 6) is 0.544. The van der Waals surface area contributed by atoms with Gasteiger partial charge in [-0.1, -0.05) is 25.8 Å². The number of fused-ring (bicyclic) bond motifs is 2. The first-order chi connectivity index (χ1) is 10.3. The van der Waals surface area contributed by atoms with E-state index in [2.05, 4.69) is 25.9 Å². The van der Waals surface area contributed by atoms with Crippen molar-refractivity contribution in [3.8, 4) is 0 Å². The summed E-state index contributed by atoms with van der Waals surface area (Å²) in [5.41, 5.74) is 0.935. The Morgan fingerprint density at radius 3 is 2.09 bits per heavy atom. The standard InChI is InChI=1S/C16H26N2O4/c1-6-21-13(19)18(14(20)22-7-2)17-12-10-11-8-9-16(12,5)15(11,3)4/h11H,6-10H2,1-5H3/b17-12-/t11-,16+/m1/s1. The summed E-state index contributed by atoms with van der Waals surface area (Å²) in [7, 11) is 0. The first-order valence-corrected chi connectivity index (χ1v) is 7.99. The van der Waals surface area contributed by atoms with E-state index in [1.807, 2.05) is 0 Å². The van der Waals surface area contributed by atoms with Crippen LogP contribution in [0.2, 0.25) is 0 Å². The monoisotopic (exact) mass is 310 g/mol. The van der Waals surface area contributed by atoms with E-state index in [4.69, 9.17) is 9.47 Å². The Kier molecular flexibility index (Phi) is 4.49. The van der Waals surface area contributed by atoms with Crippen molar-refractivity contribution in [2.24, 2.45) is 21.8 Å². The number of rotatable bonds is 3. The van der Waals surface area contributed by atoms with E-state index in [-0.39, 0.29) is 24.0 Å². The third kappa shape index (κ3) is 2.48. The maximum Gasteiger partial charge on any atom is 0.440 e. The van der Waals surface area contributed by atoms with Crippen molar-refractivity contribution in [3.05, 3.63) is 0 Å². The molecule has 6 nitrogen and oxygen atoms in total. The van der Waals surface area contributed by atoms with Gasteiger partial charge in [-0.05, 0) is 44.4 Å². The lowest BCUT2D eigenvalue weighted by molar-refractivity contribution is 0.0816. The number of hydrogen-bond donors (Lipinski definition) is 0. The highest BCUT2D eigenvalue weighted by Crippen LogP contribution is 2.64. The number of hydrogen-bond acceptors (Lipinski definition) is 5. The molecule has 6 heteroatoms. The molecule has 0 aromatic rings. The third-order valence-corrected chi connectivity index (χ3v) is 5.61. The van der Waals surface area contributed by atoms with Crippen molar-refractivity contribution < 1.29 is 19.1 Å². The van der Waals surface area contributed by atoms with Crippen LogP contribution in [0.1, 0.15) is 53.9 Å². The molecular weight excluding hydrogens is 284 g/mol. The lowest BCUT2D eigenvalue weighted by atomic mass is 9.70. The van der Waals surface area contributed by atoms with Crippen molar-refractivity contribution in [1.82, 2.24) is 5.01 Å². The average molecular weight is 310 g/mol. The fourth-order valence-corrected chi connectivity index (χ4v) is 3.73. The summed E-state index contributed by atoms with van der Waals surface area (Å²) in [5, 5.41) is 5.10. The maximum absolute atomic E-state index is 12.0. The second kappa shape index (κ2) is 5.89. The molecule has 0 spiro atoms. The second-order valence-corrected chi connectivity index (χ2v) is 6.75. The van der Waals surface area contributed by atoms with Crippen LogP contribution in [-0.4, -0.2) is 36.1 Å². The molecular formula is C16H26N2O4. The van der Waals surface area contributed by atoms with Crippen LogP contribution in [0.5, 0.6) is 0 Å². The zero-order valence-corrected chi connectivity index (χ0v) is 14.1. The fraction of sp³-hybridized carbons (Fsp3) is 0.812. The molecule has 0 aromatic heterocycles. The minimum absolute atomic E-state index is 0.0884. The number of amides is 2. The topological polar surface area (TPSA) is 68.2 Å². The summed E-state index contributed by atoms with van der Waals surface area (Å²) in [6.45, 7) is 10.4. The fourth-order valence-electron chi connectivity index (χ4n) is 3.73. The van der Waals surface area contributed by atoms with Gasteiger partial charge in [-0.2, -0.15) is 5.10 Å². The van der Waals surface area contributed by atoms with Gasteiger partial charge in [0.15, 0.2) is 0 Å². The minimum Gasteiger partial charge on any atom is -0.448 e. The lowest BCUT2D eigenvalue weighted by Gasteiger charge is -2.34. The summed E-state index contributed by atoms with van der Waals surface area (Å²) in [6, 6.07) is 0. The van der Waals surface area contributed by atoms with Gasteiger partial charge in [0.2, 0.25) is 0 Å². The predicted molar refractivity (Wildman–Crippen MR) is 82.5 cm³/mol. The van der Waals surface area contributed by atoms with Crippen LogP contribution in [-0.2, 0) is 9.47 Å². The van der Waals surface area contributed by atoms with E-state index in [9.17, 15) is 9.59 Å². The summed E-state index contributed by atoms with van der Waals surface area (Å²) >= 11 is 0. The molecule has 124 valence electrons. The van der Waals surface area contributed by atoms with Crippen LogP contribution in [0.15, 0.2) is 5.10 Å². The highest BCUT2D eigenvalue weighted by molar-refractivity contribution is 5.97. The Morgan fingerprint density at radius 2 is 1.73 bits per heavy atom. The Hall–Kier alpha value is -1.59. The molecule has 2 bridgehead atoms. The van der Waals surface area contributed by atoms with Gasteiger partial charge in [0.05, 0.1) is 13.2 Å². The number of carbonyl (C=O) groups excluding carboxylic acids is 2. The van der Waals surface area contributed by atoms with Gasteiger partial charge in [-0.3, -0.25) is 0 Å². The van der Waals surface area contributed by atoms with E-state index in [1.54, 1.807) is 13.8 Å². The van der Waals surface area contributed by atoms with Gasteiger partial charge in [0.1, 0.15) is 0 Å². The molecule has 0 unspecified atom stereocenters.